The Bertz CT molecular complexity index is 1130. The van der Waals surface area contributed by atoms with Gasteiger partial charge in [0, 0.05) is 23.5 Å². The highest BCUT2D eigenvalue weighted by atomic mass is 16.4. The maximum atomic E-state index is 13.2. The molecule has 0 fully saturated rings. The summed E-state index contributed by atoms with van der Waals surface area (Å²) in [6.45, 7) is 2.84. The summed E-state index contributed by atoms with van der Waals surface area (Å²) in [5.41, 5.74) is 7.00. The van der Waals surface area contributed by atoms with Gasteiger partial charge in [-0.1, -0.05) is 32.0 Å². The second kappa shape index (κ2) is 13.4. The zero-order chi connectivity index (χ0) is 27.7. The summed E-state index contributed by atoms with van der Waals surface area (Å²) in [6.07, 6.45) is 0.864. The fraction of sp³-hybridized carbons (Fsp3) is 0.458. The second-order valence-corrected chi connectivity index (χ2v) is 9.10. The minimum atomic E-state index is -1.62. The number of carboxylic acid groups (broad SMARTS) is 2. The smallest absolute Gasteiger partial charge is 0.326 e. The van der Waals surface area contributed by atoms with Crippen molar-refractivity contribution in [3.05, 3.63) is 36.0 Å². The average Bonchev–Trinajstić information content (AvgIpc) is 3.24. The number of carbonyl (C=O) groups excluding carboxylic acids is 3. The minimum Gasteiger partial charge on any atom is -0.481 e. The first-order valence-electron chi connectivity index (χ1n) is 11.7. The number of para-hydroxylation sites is 1. The van der Waals surface area contributed by atoms with Crippen LogP contribution in [0.15, 0.2) is 30.5 Å². The number of rotatable bonds is 14. The summed E-state index contributed by atoms with van der Waals surface area (Å²) < 4.78 is 0. The van der Waals surface area contributed by atoms with E-state index in [0.29, 0.717) is 5.56 Å². The molecular weight excluding hydrogens is 486 g/mol. The van der Waals surface area contributed by atoms with Crippen LogP contribution in [0.25, 0.3) is 10.9 Å². The number of aliphatic carboxylic acids is 2. The molecule has 3 amide bonds. The van der Waals surface area contributed by atoms with Gasteiger partial charge < -0.3 is 42.0 Å². The first kappa shape index (κ1) is 29.3. The number of aliphatic hydroxyl groups excluding tert-OH is 1. The Morgan fingerprint density at radius 1 is 0.919 bits per heavy atom. The third-order valence-corrected chi connectivity index (χ3v) is 5.60. The normalized spacial score (nSPS) is 14.4. The standard InChI is InChI=1S/C24H33N5O8/c1-12(2)7-19(24(36)37)29-23(35)18(9-20(31)32)28-22(34)17(27-21(33)15(25)11-30)8-13-10-26-16-6-4-3-5-14(13)16/h3-6,10,12,15,17-19,26,30H,7-9,11,25H2,1-2H3,(H,27,33)(H,28,34)(H,29,35)(H,31,32)(H,36,37). The largest absolute Gasteiger partial charge is 0.481 e. The topological polar surface area (TPSA) is 224 Å². The van der Waals surface area contributed by atoms with Crippen LogP contribution >= 0.6 is 0 Å². The van der Waals surface area contributed by atoms with Gasteiger partial charge in [0.2, 0.25) is 17.7 Å². The van der Waals surface area contributed by atoms with Crippen LogP contribution in [0, 0.1) is 5.92 Å². The van der Waals surface area contributed by atoms with E-state index in [9.17, 15) is 39.3 Å². The van der Waals surface area contributed by atoms with Crippen LogP contribution in [0.3, 0.4) is 0 Å². The Morgan fingerprint density at radius 2 is 1.51 bits per heavy atom. The SMILES string of the molecule is CC(C)CC(NC(=O)C(CC(=O)O)NC(=O)C(Cc1c[nH]c2ccccc12)NC(=O)C(N)CO)C(=O)O. The van der Waals surface area contributed by atoms with Crippen molar-refractivity contribution in [3.8, 4) is 0 Å². The number of benzene rings is 1. The Hall–Kier alpha value is -3.97. The maximum Gasteiger partial charge on any atom is 0.326 e. The van der Waals surface area contributed by atoms with Crippen molar-refractivity contribution in [1.29, 1.82) is 0 Å². The van der Waals surface area contributed by atoms with Crippen molar-refractivity contribution in [2.45, 2.75) is 57.3 Å². The zero-order valence-electron chi connectivity index (χ0n) is 20.6. The number of hydrogen-bond donors (Lipinski definition) is 8. The molecule has 37 heavy (non-hydrogen) atoms. The summed E-state index contributed by atoms with van der Waals surface area (Å²) in [4.78, 5) is 64.4. The van der Waals surface area contributed by atoms with Crippen LogP contribution in [-0.4, -0.2) is 80.7 Å². The molecular formula is C24H33N5O8. The third-order valence-electron chi connectivity index (χ3n) is 5.60. The van der Waals surface area contributed by atoms with Gasteiger partial charge in [-0.25, -0.2) is 4.79 Å². The molecule has 0 bridgehead atoms. The van der Waals surface area contributed by atoms with Crippen molar-refractivity contribution in [2.24, 2.45) is 11.7 Å². The van der Waals surface area contributed by atoms with Crippen LogP contribution in [-0.2, 0) is 30.4 Å². The highest BCUT2D eigenvalue weighted by Crippen LogP contribution is 2.19. The molecule has 0 aliphatic rings. The molecule has 0 radical (unpaired) electrons. The molecule has 0 aliphatic heterocycles. The van der Waals surface area contributed by atoms with Gasteiger partial charge in [0.05, 0.1) is 13.0 Å². The predicted octanol–water partition coefficient (Wildman–Crippen LogP) is -0.910. The monoisotopic (exact) mass is 519 g/mol. The average molecular weight is 520 g/mol. The van der Waals surface area contributed by atoms with E-state index in [0.717, 1.165) is 10.9 Å². The number of H-pyrrole nitrogens is 1. The molecule has 4 unspecified atom stereocenters. The fourth-order valence-electron chi connectivity index (χ4n) is 3.71. The van der Waals surface area contributed by atoms with Gasteiger partial charge in [0.1, 0.15) is 24.2 Å². The highest BCUT2D eigenvalue weighted by Gasteiger charge is 2.32. The van der Waals surface area contributed by atoms with Gasteiger partial charge in [0.25, 0.3) is 0 Å². The van der Waals surface area contributed by atoms with E-state index < -0.39 is 66.9 Å². The van der Waals surface area contributed by atoms with Gasteiger partial charge in [-0.05, 0) is 24.0 Å². The van der Waals surface area contributed by atoms with E-state index in [4.69, 9.17) is 5.73 Å². The number of nitrogens with two attached hydrogens (primary N) is 1. The van der Waals surface area contributed by atoms with E-state index >= 15 is 0 Å². The Morgan fingerprint density at radius 3 is 2.11 bits per heavy atom. The molecule has 0 saturated carbocycles. The Labute approximate surface area is 212 Å². The molecule has 0 aliphatic carbocycles. The lowest BCUT2D eigenvalue weighted by atomic mass is 10.0. The van der Waals surface area contributed by atoms with Crippen LogP contribution in [0.5, 0.6) is 0 Å². The van der Waals surface area contributed by atoms with Gasteiger partial charge in [-0.2, -0.15) is 0 Å². The molecule has 4 atom stereocenters. The van der Waals surface area contributed by atoms with E-state index in [1.165, 1.54) is 0 Å². The number of nitrogens with one attached hydrogen (secondary N) is 4. The van der Waals surface area contributed by atoms with E-state index in [1.807, 2.05) is 12.1 Å². The van der Waals surface area contributed by atoms with Crippen molar-refractivity contribution in [1.82, 2.24) is 20.9 Å². The number of hydrogen-bond acceptors (Lipinski definition) is 7. The Kier molecular flexibility index (Phi) is 10.6. The van der Waals surface area contributed by atoms with Crippen molar-refractivity contribution >= 4 is 40.6 Å². The summed E-state index contributed by atoms with van der Waals surface area (Å²) in [5, 5.41) is 35.7. The fourth-order valence-corrected chi connectivity index (χ4v) is 3.71. The molecule has 1 aromatic carbocycles. The predicted molar refractivity (Wildman–Crippen MR) is 132 cm³/mol. The van der Waals surface area contributed by atoms with Crippen molar-refractivity contribution in [3.63, 3.8) is 0 Å². The zero-order valence-corrected chi connectivity index (χ0v) is 20.6. The van der Waals surface area contributed by atoms with Crippen molar-refractivity contribution in [2.75, 3.05) is 6.61 Å². The lowest BCUT2D eigenvalue weighted by molar-refractivity contribution is -0.144. The number of carbonyl (C=O) groups is 5. The van der Waals surface area contributed by atoms with Crippen LogP contribution in [0.1, 0.15) is 32.3 Å². The molecule has 2 rings (SSSR count). The Balaban J connectivity index is 2.29. The van der Waals surface area contributed by atoms with Gasteiger partial charge >= 0.3 is 11.9 Å². The number of aromatic nitrogens is 1. The van der Waals surface area contributed by atoms with Gasteiger partial charge in [0.15, 0.2) is 0 Å². The molecule has 9 N–H and O–H groups in total. The highest BCUT2D eigenvalue weighted by molar-refractivity contribution is 5.96. The molecule has 13 nitrogen and oxygen atoms in total. The molecule has 0 saturated heterocycles. The number of aliphatic hydroxyl groups is 1. The number of aromatic amines is 1. The summed E-state index contributed by atoms with van der Waals surface area (Å²) in [5.74, 6) is -5.50. The number of carboxylic acids is 2. The summed E-state index contributed by atoms with van der Waals surface area (Å²) in [6, 6.07) is 1.71. The van der Waals surface area contributed by atoms with E-state index in [1.54, 1.807) is 32.2 Å². The minimum absolute atomic E-state index is 0.0494. The quantitative estimate of drug-likeness (QED) is 0.154. The lowest BCUT2D eigenvalue weighted by Crippen LogP contribution is -2.58. The molecule has 1 heterocycles. The third kappa shape index (κ3) is 8.58. The number of fused-ring (bicyclic) bond motifs is 1. The molecule has 0 spiro atoms. The molecule has 2 aromatic rings. The first-order chi connectivity index (χ1) is 17.4. The van der Waals surface area contributed by atoms with E-state index in [-0.39, 0.29) is 18.8 Å². The van der Waals surface area contributed by atoms with Crippen LogP contribution < -0.4 is 21.7 Å². The molecule has 13 heteroatoms. The second-order valence-electron chi connectivity index (χ2n) is 9.10. The van der Waals surface area contributed by atoms with E-state index in [2.05, 4.69) is 20.9 Å². The maximum absolute atomic E-state index is 13.2. The first-order valence-corrected chi connectivity index (χ1v) is 11.7. The molecule has 202 valence electrons. The van der Waals surface area contributed by atoms with Gasteiger partial charge in [-0.3, -0.25) is 19.2 Å². The number of amides is 3. The summed E-state index contributed by atoms with van der Waals surface area (Å²) >= 11 is 0. The lowest BCUT2D eigenvalue weighted by Gasteiger charge is -2.24. The van der Waals surface area contributed by atoms with Crippen LogP contribution in [0.4, 0.5) is 0 Å². The molecule has 1 aromatic heterocycles. The van der Waals surface area contributed by atoms with Crippen LogP contribution in [0.2, 0.25) is 0 Å². The van der Waals surface area contributed by atoms with Gasteiger partial charge in [-0.15, -0.1) is 0 Å². The van der Waals surface area contributed by atoms with Crippen molar-refractivity contribution < 1.29 is 39.3 Å². The summed E-state index contributed by atoms with van der Waals surface area (Å²) in [7, 11) is 0.